The van der Waals surface area contributed by atoms with E-state index in [-0.39, 0.29) is 11.2 Å². The summed E-state index contributed by atoms with van der Waals surface area (Å²) in [4.78, 5) is 11.6. The molecule has 3 nitrogen and oxygen atoms in total. The van der Waals surface area contributed by atoms with Gasteiger partial charge in [-0.25, -0.2) is 0 Å². The van der Waals surface area contributed by atoms with Gasteiger partial charge in [0.15, 0.2) is 0 Å². The van der Waals surface area contributed by atoms with Gasteiger partial charge in [-0.15, -0.1) is 0 Å². The maximum absolute atomic E-state index is 11.6. The van der Waals surface area contributed by atoms with E-state index >= 15 is 0 Å². The molecule has 0 saturated heterocycles. The van der Waals surface area contributed by atoms with Crippen LogP contribution in [0, 0.1) is 11.3 Å². The second kappa shape index (κ2) is 6.19. The summed E-state index contributed by atoms with van der Waals surface area (Å²) >= 11 is 4.31. The van der Waals surface area contributed by atoms with Crippen molar-refractivity contribution in [2.45, 2.75) is 18.6 Å². The number of carbonyl (C=O) groups excluding carboxylic acids is 1. The minimum atomic E-state index is -0.147. The molecule has 4 heteroatoms. The number of rotatable bonds is 4. The minimum absolute atomic E-state index is 0.104. The van der Waals surface area contributed by atoms with Crippen LogP contribution in [0.4, 0.5) is 0 Å². The molecule has 16 heavy (non-hydrogen) atoms. The molecule has 0 saturated carbocycles. The second-order valence-electron chi connectivity index (χ2n) is 3.47. The fraction of sp³-hybridized carbons (Fsp3) is 0.333. The number of nitrogens with zero attached hydrogens (tertiary/aromatic N) is 1. The van der Waals surface area contributed by atoms with Crippen LogP contribution >= 0.6 is 12.6 Å². The van der Waals surface area contributed by atoms with Crippen molar-refractivity contribution in [1.82, 2.24) is 5.32 Å². The number of hydrogen-bond donors (Lipinski definition) is 2. The monoisotopic (exact) mass is 234 g/mol. The normalized spacial score (nSPS) is 11.6. The molecule has 1 aromatic rings. The standard InChI is InChI=1S/C12H14N2OS/c1-9(16)10-4-2-5-11(8-10)12(15)14-7-3-6-13/h2,4-5,8-9,16H,3,7H2,1H3,(H,14,15). The third-order valence-electron chi connectivity index (χ3n) is 2.15. The number of carbonyl (C=O) groups is 1. The Hall–Kier alpha value is -1.47. The fourth-order valence-electron chi connectivity index (χ4n) is 1.27. The lowest BCUT2D eigenvalue weighted by Crippen LogP contribution is -2.24. The van der Waals surface area contributed by atoms with Gasteiger partial charge in [0.2, 0.25) is 0 Å². The third-order valence-corrected chi connectivity index (χ3v) is 2.45. The molecule has 0 aromatic heterocycles. The van der Waals surface area contributed by atoms with Crippen molar-refractivity contribution in [3.63, 3.8) is 0 Å². The molecule has 1 unspecified atom stereocenters. The van der Waals surface area contributed by atoms with Crippen molar-refractivity contribution in [2.24, 2.45) is 0 Å². The van der Waals surface area contributed by atoms with Crippen LogP contribution in [0.2, 0.25) is 0 Å². The van der Waals surface area contributed by atoms with E-state index in [1.54, 1.807) is 6.07 Å². The van der Waals surface area contributed by atoms with Crippen molar-refractivity contribution >= 4 is 18.5 Å². The summed E-state index contributed by atoms with van der Waals surface area (Å²) in [5.41, 5.74) is 1.62. The summed E-state index contributed by atoms with van der Waals surface area (Å²) in [5.74, 6) is -0.147. The van der Waals surface area contributed by atoms with E-state index in [9.17, 15) is 4.79 Å². The van der Waals surface area contributed by atoms with Crippen LogP contribution < -0.4 is 5.32 Å². The van der Waals surface area contributed by atoms with Gasteiger partial charge in [0.25, 0.3) is 5.91 Å². The number of hydrogen-bond acceptors (Lipinski definition) is 3. The molecule has 0 radical (unpaired) electrons. The van der Waals surface area contributed by atoms with Crippen molar-refractivity contribution < 1.29 is 4.79 Å². The first-order valence-electron chi connectivity index (χ1n) is 5.08. The minimum Gasteiger partial charge on any atom is -0.351 e. The number of nitriles is 1. The van der Waals surface area contributed by atoms with Crippen LogP contribution in [0.5, 0.6) is 0 Å². The Balaban J connectivity index is 2.69. The highest BCUT2D eigenvalue weighted by Crippen LogP contribution is 2.19. The molecule has 1 aromatic carbocycles. The van der Waals surface area contributed by atoms with Gasteiger partial charge in [-0.3, -0.25) is 4.79 Å². The molecular formula is C12H14N2OS. The van der Waals surface area contributed by atoms with Crippen molar-refractivity contribution in [1.29, 1.82) is 5.26 Å². The van der Waals surface area contributed by atoms with E-state index in [2.05, 4.69) is 17.9 Å². The SMILES string of the molecule is CC(S)c1cccc(C(=O)NCCC#N)c1. The zero-order chi connectivity index (χ0) is 12.0. The van der Waals surface area contributed by atoms with Gasteiger partial charge in [-0.05, 0) is 24.6 Å². The molecule has 1 N–H and O–H groups in total. The Morgan fingerprint density at radius 2 is 2.38 bits per heavy atom. The third kappa shape index (κ3) is 3.59. The number of thiol groups is 1. The van der Waals surface area contributed by atoms with E-state index in [1.807, 2.05) is 31.2 Å². The zero-order valence-electron chi connectivity index (χ0n) is 9.10. The largest absolute Gasteiger partial charge is 0.351 e. The first-order chi connectivity index (χ1) is 7.65. The topological polar surface area (TPSA) is 52.9 Å². The molecule has 0 bridgehead atoms. The molecule has 0 aliphatic carbocycles. The van der Waals surface area contributed by atoms with E-state index in [1.165, 1.54) is 0 Å². The predicted molar refractivity (Wildman–Crippen MR) is 66.4 cm³/mol. The lowest BCUT2D eigenvalue weighted by molar-refractivity contribution is 0.0954. The number of benzene rings is 1. The van der Waals surface area contributed by atoms with Gasteiger partial charge < -0.3 is 5.32 Å². The molecule has 0 aliphatic rings. The van der Waals surface area contributed by atoms with Crippen molar-refractivity contribution in [3.8, 4) is 6.07 Å². The van der Waals surface area contributed by atoms with Gasteiger partial charge in [-0.2, -0.15) is 17.9 Å². The van der Waals surface area contributed by atoms with Crippen molar-refractivity contribution in [3.05, 3.63) is 35.4 Å². The molecule has 0 aliphatic heterocycles. The Kier molecular flexibility index (Phi) is 4.87. The van der Waals surface area contributed by atoms with Crippen LogP contribution in [0.25, 0.3) is 0 Å². The predicted octanol–water partition coefficient (Wildman–Crippen LogP) is 2.32. The Bertz CT molecular complexity index is 410. The smallest absolute Gasteiger partial charge is 0.251 e. The molecule has 0 heterocycles. The Morgan fingerprint density at radius 1 is 1.62 bits per heavy atom. The van der Waals surface area contributed by atoms with Gasteiger partial charge in [0.05, 0.1) is 12.5 Å². The first kappa shape index (κ1) is 12.6. The lowest BCUT2D eigenvalue weighted by Gasteiger charge is -2.07. The zero-order valence-corrected chi connectivity index (χ0v) is 10.00. The van der Waals surface area contributed by atoms with Gasteiger partial charge in [0.1, 0.15) is 0 Å². The van der Waals surface area contributed by atoms with E-state index in [0.717, 1.165) is 5.56 Å². The van der Waals surface area contributed by atoms with Crippen molar-refractivity contribution in [2.75, 3.05) is 6.54 Å². The highest BCUT2D eigenvalue weighted by Gasteiger charge is 2.07. The summed E-state index contributed by atoms with van der Waals surface area (Å²) in [6.45, 7) is 2.34. The maximum Gasteiger partial charge on any atom is 0.251 e. The first-order valence-corrected chi connectivity index (χ1v) is 5.60. The van der Waals surface area contributed by atoms with E-state index in [0.29, 0.717) is 18.5 Å². The number of nitrogens with one attached hydrogen (secondary N) is 1. The van der Waals surface area contributed by atoms with E-state index < -0.39 is 0 Å². The van der Waals surface area contributed by atoms with Crippen LogP contribution in [0.3, 0.4) is 0 Å². The maximum atomic E-state index is 11.6. The quantitative estimate of drug-likeness (QED) is 0.620. The Morgan fingerprint density at radius 3 is 3.00 bits per heavy atom. The van der Waals surface area contributed by atoms with Gasteiger partial charge >= 0.3 is 0 Å². The van der Waals surface area contributed by atoms with Crippen LogP contribution in [-0.4, -0.2) is 12.5 Å². The molecule has 84 valence electrons. The second-order valence-corrected chi connectivity index (χ2v) is 4.24. The van der Waals surface area contributed by atoms with Crippen LogP contribution in [0.1, 0.15) is 34.5 Å². The molecular weight excluding hydrogens is 220 g/mol. The average molecular weight is 234 g/mol. The Labute approximate surface area is 101 Å². The lowest BCUT2D eigenvalue weighted by atomic mass is 10.1. The van der Waals surface area contributed by atoms with Crippen LogP contribution in [0.15, 0.2) is 24.3 Å². The molecule has 0 spiro atoms. The summed E-state index contributed by atoms with van der Waals surface area (Å²) in [7, 11) is 0. The molecule has 1 atom stereocenters. The number of amides is 1. The highest BCUT2D eigenvalue weighted by atomic mass is 32.1. The summed E-state index contributed by atoms with van der Waals surface area (Å²) in [6, 6.07) is 9.32. The van der Waals surface area contributed by atoms with Gasteiger partial charge in [0, 0.05) is 17.4 Å². The summed E-state index contributed by atoms with van der Waals surface area (Å²) in [6.07, 6.45) is 0.328. The molecule has 1 rings (SSSR count). The molecule has 0 fully saturated rings. The van der Waals surface area contributed by atoms with Crippen LogP contribution in [-0.2, 0) is 0 Å². The van der Waals surface area contributed by atoms with E-state index in [4.69, 9.17) is 5.26 Å². The highest BCUT2D eigenvalue weighted by molar-refractivity contribution is 7.80. The molecule has 1 amide bonds. The summed E-state index contributed by atoms with van der Waals surface area (Å²) in [5, 5.41) is 11.1. The average Bonchev–Trinajstić information content (AvgIpc) is 2.29. The summed E-state index contributed by atoms with van der Waals surface area (Å²) < 4.78 is 0. The fourth-order valence-corrected chi connectivity index (χ4v) is 1.43. The van der Waals surface area contributed by atoms with Gasteiger partial charge in [-0.1, -0.05) is 12.1 Å².